The third-order valence-electron chi connectivity index (χ3n) is 10.1. The molecular formula is C37H39FN6O4S. The monoisotopic (exact) mass is 682 g/mol. The number of fused-ring (bicyclic) bond motifs is 1. The van der Waals surface area contributed by atoms with Crippen molar-refractivity contribution in [2.24, 2.45) is 5.92 Å². The summed E-state index contributed by atoms with van der Waals surface area (Å²) in [6, 6.07) is 18.2. The molecule has 0 aliphatic carbocycles. The maximum absolute atomic E-state index is 14.2. The van der Waals surface area contributed by atoms with Crippen molar-refractivity contribution >= 4 is 34.2 Å². The molecular weight excluding hydrogens is 644 g/mol. The summed E-state index contributed by atoms with van der Waals surface area (Å²) >= 11 is 1.27. The molecule has 2 aromatic carbocycles. The highest BCUT2D eigenvalue weighted by Crippen LogP contribution is 2.36. The lowest BCUT2D eigenvalue weighted by Gasteiger charge is -2.43. The molecule has 12 heteroatoms. The van der Waals surface area contributed by atoms with E-state index in [1.54, 1.807) is 35.4 Å². The van der Waals surface area contributed by atoms with Crippen LogP contribution in [0.25, 0.3) is 11.0 Å². The van der Waals surface area contributed by atoms with Gasteiger partial charge in [0.15, 0.2) is 0 Å². The van der Waals surface area contributed by atoms with Gasteiger partial charge in [-0.15, -0.1) is 11.3 Å². The number of aliphatic hydroxyl groups is 1. The molecule has 0 unspecified atom stereocenters. The zero-order valence-electron chi connectivity index (χ0n) is 27.4. The zero-order chi connectivity index (χ0) is 34.1. The van der Waals surface area contributed by atoms with Crippen LogP contribution >= 0.6 is 11.3 Å². The van der Waals surface area contributed by atoms with Crippen LogP contribution in [0.15, 0.2) is 84.2 Å². The van der Waals surface area contributed by atoms with E-state index in [0.29, 0.717) is 84.9 Å². The molecule has 2 aliphatic rings. The average Bonchev–Trinajstić information content (AvgIpc) is 3.78. The van der Waals surface area contributed by atoms with Crippen LogP contribution in [0.5, 0.6) is 0 Å². The fraction of sp³-hybridized carbons (Fsp3) is 0.378. The second-order valence-electron chi connectivity index (χ2n) is 13.1. The fourth-order valence-corrected chi connectivity index (χ4v) is 8.16. The van der Waals surface area contributed by atoms with Crippen molar-refractivity contribution in [3.63, 3.8) is 0 Å². The Labute approximate surface area is 287 Å². The van der Waals surface area contributed by atoms with Gasteiger partial charge in [-0.2, -0.15) is 0 Å². The van der Waals surface area contributed by atoms with Crippen LogP contribution in [0.2, 0.25) is 0 Å². The summed E-state index contributed by atoms with van der Waals surface area (Å²) in [6.07, 6.45) is 6.41. The number of rotatable bonds is 8. The number of hydrogen-bond acceptors (Lipinski definition) is 7. The molecule has 2 fully saturated rings. The highest BCUT2D eigenvalue weighted by atomic mass is 32.1. The average molecular weight is 683 g/mol. The maximum Gasteiger partial charge on any atom is 0.265 e. The highest BCUT2D eigenvalue weighted by molar-refractivity contribution is 7.13. The van der Waals surface area contributed by atoms with Crippen molar-refractivity contribution < 1.29 is 19.1 Å². The molecule has 2 atom stereocenters. The van der Waals surface area contributed by atoms with Gasteiger partial charge in [-0.05, 0) is 49.4 Å². The number of benzene rings is 2. The number of aryl methyl sites for hydroxylation is 1. The number of halogens is 1. The molecule has 7 rings (SSSR count). The summed E-state index contributed by atoms with van der Waals surface area (Å²) in [7, 11) is 0. The van der Waals surface area contributed by atoms with E-state index in [9.17, 15) is 23.9 Å². The van der Waals surface area contributed by atoms with Gasteiger partial charge in [-0.3, -0.25) is 19.0 Å². The first-order chi connectivity index (χ1) is 23.7. The van der Waals surface area contributed by atoms with E-state index in [1.165, 1.54) is 28.3 Å². The van der Waals surface area contributed by atoms with E-state index >= 15 is 0 Å². The van der Waals surface area contributed by atoms with Gasteiger partial charge in [0.1, 0.15) is 22.7 Å². The number of aromatic nitrogens is 4. The summed E-state index contributed by atoms with van der Waals surface area (Å²) in [5.74, 6) is -0.942. The second kappa shape index (κ2) is 13.7. The molecule has 1 N–H and O–H groups in total. The summed E-state index contributed by atoms with van der Waals surface area (Å²) in [5, 5.41) is 12.7. The van der Waals surface area contributed by atoms with E-state index < -0.39 is 5.60 Å². The molecule has 2 amide bonds. The predicted octanol–water partition coefficient (Wildman–Crippen LogP) is 4.70. The van der Waals surface area contributed by atoms with E-state index in [-0.39, 0.29) is 41.6 Å². The van der Waals surface area contributed by atoms with Crippen LogP contribution in [-0.2, 0) is 24.3 Å². The molecule has 3 aromatic heterocycles. The van der Waals surface area contributed by atoms with Crippen LogP contribution in [0.4, 0.5) is 4.39 Å². The van der Waals surface area contributed by atoms with Gasteiger partial charge in [0.05, 0.1) is 28.7 Å². The van der Waals surface area contributed by atoms with Crippen molar-refractivity contribution in [2.45, 2.75) is 57.2 Å². The Morgan fingerprint density at radius 1 is 0.980 bits per heavy atom. The first kappa shape index (κ1) is 32.8. The smallest absolute Gasteiger partial charge is 0.265 e. The van der Waals surface area contributed by atoms with Crippen molar-refractivity contribution in [3.05, 3.63) is 117 Å². The van der Waals surface area contributed by atoms with E-state index in [0.717, 1.165) is 5.56 Å². The highest BCUT2D eigenvalue weighted by Gasteiger charge is 2.42. The van der Waals surface area contributed by atoms with Crippen LogP contribution in [0.3, 0.4) is 0 Å². The van der Waals surface area contributed by atoms with Crippen molar-refractivity contribution in [3.8, 4) is 0 Å². The molecule has 2 aliphatic heterocycles. The zero-order valence-corrected chi connectivity index (χ0v) is 28.2. The SMILES string of the molecule is CCn1ccc2c(=O)n(CC3(O)CCN(C(=O)[C@@H]4CCN(C(=O)c5cnc(Cc6ccccc6F)s5)C[C@H]4c4ccccc4)CC3)cnc21. The number of carbonyl (C=O) groups is 2. The van der Waals surface area contributed by atoms with E-state index in [1.807, 2.05) is 52.9 Å². The molecule has 0 saturated carbocycles. The molecule has 0 spiro atoms. The standard InChI is InChI=1S/C37H39FN6O4S/c1-2-41-16-13-28-33(41)40-24-44(35(28)46)23-37(48)14-18-42(19-15-37)34(45)27-12-17-43(22-29(27)25-8-4-3-5-9-25)36(47)31-21-39-32(49-31)20-26-10-6-7-11-30(26)38/h3-11,13,16,21,24,27,29,48H,2,12,14-15,17-20,22-23H2,1H3/t27-,29+/m1/s1. The number of hydrogen-bond donors (Lipinski definition) is 1. The predicted molar refractivity (Wildman–Crippen MR) is 185 cm³/mol. The minimum atomic E-state index is -1.14. The lowest BCUT2D eigenvalue weighted by Crippen LogP contribution is -2.53. The molecule has 10 nitrogen and oxygen atoms in total. The summed E-state index contributed by atoms with van der Waals surface area (Å²) in [4.78, 5) is 54.0. The third-order valence-corrected chi connectivity index (χ3v) is 11.1. The van der Waals surface area contributed by atoms with Crippen LogP contribution in [-0.4, -0.2) is 77.6 Å². The molecule has 49 heavy (non-hydrogen) atoms. The topological polar surface area (TPSA) is 114 Å². The molecule has 2 saturated heterocycles. The normalized spacial score (nSPS) is 19.3. The van der Waals surface area contributed by atoms with Gasteiger partial charge >= 0.3 is 0 Å². The molecule has 5 heterocycles. The minimum absolute atomic E-state index is 0.0223. The molecule has 5 aromatic rings. The molecule has 0 bridgehead atoms. The number of amides is 2. The number of thiazole rings is 1. The first-order valence-corrected chi connectivity index (χ1v) is 17.6. The van der Waals surface area contributed by atoms with Crippen molar-refractivity contribution in [1.82, 2.24) is 28.9 Å². The summed E-state index contributed by atoms with van der Waals surface area (Å²) < 4.78 is 17.6. The Hall–Kier alpha value is -4.68. The van der Waals surface area contributed by atoms with Gasteiger partial charge < -0.3 is 19.5 Å². The van der Waals surface area contributed by atoms with E-state index in [4.69, 9.17) is 0 Å². The summed E-state index contributed by atoms with van der Waals surface area (Å²) in [5.41, 5.74) is 0.836. The van der Waals surface area contributed by atoms with Gasteiger partial charge in [0.2, 0.25) is 5.91 Å². The van der Waals surface area contributed by atoms with Crippen molar-refractivity contribution in [1.29, 1.82) is 0 Å². The van der Waals surface area contributed by atoms with Crippen LogP contribution in [0, 0.1) is 11.7 Å². The molecule has 254 valence electrons. The Kier molecular flexibility index (Phi) is 9.17. The van der Waals surface area contributed by atoms with E-state index in [2.05, 4.69) is 9.97 Å². The Morgan fingerprint density at radius 2 is 1.73 bits per heavy atom. The Balaban J connectivity index is 1.02. The number of likely N-dealkylation sites (tertiary alicyclic amines) is 2. The van der Waals surface area contributed by atoms with Crippen LogP contribution in [0.1, 0.15) is 57.9 Å². The fourth-order valence-electron chi connectivity index (χ4n) is 7.25. The van der Waals surface area contributed by atoms with Gasteiger partial charge in [-0.1, -0.05) is 48.5 Å². The molecule has 0 radical (unpaired) electrons. The lowest BCUT2D eigenvalue weighted by molar-refractivity contribution is -0.142. The maximum atomic E-state index is 14.2. The van der Waals surface area contributed by atoms with Gasteiger partial charge in [0.25, 0.3) is 11.5 Å². The van der Waals surface area contributed by atoms with Gasteiger partial charge in [0, 0.05) is 57.2 Å². The number of carbonyl (C=O) groups excluding carboxylic acids is 2. The van der Waals surface area contributed by atoms with Gasteiger partial charge in [-0.25, -0.2) is 14.4 Å². The quantitative estimate of drug-likeness (QED) is 0.254. The minimum Gasteiger partial charge on any atom is -0.388 e. The Morgan fingerprint density at radius 3 is 2.49 bits per heavy atom. The largest absolute Gasteiger partial charge is 0.388 e. The second-order valence-corrected chi connectivity index (χ2v) is 14.2. The van der Waals surface area contributed by atoms with Crippen LogP contribution < -0.4 is 5.56 Å². The number of nitrogens with zero attached hydrogens (tertiary/aromatic N) is 6. The van der Waals surface area contributed by atoms with Crippen molar-refractivity contribution in [2.75, 3.05) is 26.2 Å². The summed E-state index contributed by atoms with van der Waals surface area (Å²) in [6.45, 7) is 4.37. The number of piperidine rings is 2. The Bertz CT molecular complexity index is 2030. The lowest BCUT2D eigenvalue weighted by atomic mass is 9.79. The third kappa shape index (κ3) is 6.67. The first-order valence-electron chi connectivity index (χ1n) is 16.8.